The van der Waals surface area contributed by atoms with Gasteiger partial charge in [0.15, 0.2) is 6.10 Å². The molecule has 1 aromatic carbocycles. The number of hydrogen-bond acceptors (Lipinski definition) is 3. The molecule has 0 spiro atoms. The van der Waals surface area contributed by atoms with E-state index in [1.807, 2.05) is 24.7 Å². The molecule has 2 aromatic rings. The van der Waals surface area contributed by atoms with E-state index in [-0.39, 0.29) is 5.91 Å². The Balaban J connectivity index is 2.08. The van der Waals surface area contributed by atoms with Crippen molar-refractivity contribution >= 4 is 5.91 Å². The molecule has 0 saturated heterocycles. The maximum absolute atomic E-state index is 12.1. The summed E-state index contributed by atoms with van der Waals surface area (Å²) in [6, 6.07) is 8.94. The molecule has 0 aliphatic heterocycles. The molecule has 2 rings (SSSR count). The van der Waals surface area contributed by atoms with Crippen molar-refractivity contribution in [3.8, 4) is 0 Å². The number of hydrogen-bond donors (Lipinski definition) is 2. The van der Waals surface area contributed by atoms with Crippen LogP contribution in [0.4, 0.5) is 0 Å². The van der Waals surface area contributed by atoms with Gasteiger partial charge in [-0.3, -0.25) is 9.48 Å². The van der Waals surface area contributed by atoms with Gasteiger partial charge in [0, 0.05) is 24.8 Å². The van der Waals surface area contributed by atoms with Gasteiger partial charge in [-0.1, -0.05) is 44.2 Å². The summed E-state index contributed by atoms with van der Waals surface area (Å²) in [5, 5.41) is 17.4. The van der Waals surface area contributed by atoms with Crippen LogP contribution in [0.5, 0.6) is 0 Å². The van der Waals surface area contributed by atoms with Crippen LogP contribution in [0.25, 0.3) is 0 Å². The van der Waals surface area contributed by atoms with Crippen LogP contribution < -0.4 is 5.32 Å². The minimum Gasteiger partial charge on any atom is -0.378 e. The second-order valence-corrected chi connectivity index (χ2v) is 5.23. The lowest BCUT2D eigenvalue weighted by Crippen LogP contribution is -2.29. The van der Waals surface area contributed by atoms with Gasteiger partial charge >= 0.3 is 0 Å². The number of carbonyl (C=O) groups excluding carboxylic acids is 1. The Morgan fingerprint density at radius 1 is 1.27 bits per heavy atom. The number of aryl methyl sites for hydroxylation is 2. The number of aliphatic hydroxyl groups excluding tert-OH is 1. The van der Waals surface area contributed by atoms with Crippen LogP contribution in [-0.4, -0.2) is 20.8 Å². The summed E-state index contributed by atoms with van der Waals surface area (Å²) in [6.07, 6.45) is 0.531. The van der Waals surface area contributed by atoms with Crippen LogP contribution in [0.15, 0.2) is 30.3 Å². The van der Waals surface area contributed by atoms with Gasteiger partial charge in [-0.15, -0.1) is 0 Å². The molecule has 5 heteroatoms. The fourth-order valence-electron chi connectivity index (χ4n) is 2.65. The minimum absolute atomic E-state index is 0.390. The molecule has 118 valence electrons. The minimum atomic E-state index is -1.15. The predicted octanol–water partition coefficient (Wildman–Crippen LogP) is 1.89. The molecule has 22 heavy (non-hydrogen) atoms. The predicted molar refractivity (Wildman–Crippen MR) is 85.2 cm³/mol. The quantitative estimate of drug-likeness (QED) is 0.856. The zero-order valence-corrected chi connectivity index (χ0v) is 13.3. The van der Waals surface area contributed by atoms with Crippen molar-refractivity contribution in [3.63, 3.8) is 0 Å². The van der Waals surface area contributed by atoms with E-state index in [9.17, 15) is 9.90 Å². The van der Waals surface area contributed by atoms with E-state index in [2.05, 4.69) is 17.3 Å². The highest BCUT2D eigenvalue weighted by Crippen LogP contribution is 2.16. The van der Waals surface area contributed by atoms with Crippen molar-refractivity contribution in [2.45, 2.75) is 39.3 Å². The van der Waals surface area contributed by atoms with Crippen LogP contribution in [0.1, 0.15) is 42.5 Å². The smallest absolute Gasteiger partial charge is 0.253 e. The molecule has 1 heterocycles. The maximum atomic E-state index is 12.1. The van der Waals surface area contributed by atoms with E-state index >= 15 is 0 Å². The maximum Gasteiger partial charge on any atom is 0.253 e. The molecule has 0 fully saturated rings. The van der Waals surface area contributed by atoms with Gasteiger partial charge in [0.2, 0.25) is 0 Å². The first-order chi connectivity index (χ1) is 10.6. The number of benzene rings is 1. The number of amides is 1. The highest BCUT2D eigenvalue weighted by atomic mass is 16.3. The molecule has 1 amide bonds. The first kappa shape index (κ1) is 16.2. The molecule has 0 saturated carbocycles. The van der Waals surface area contributed by atoms with Crippen molar-refractivity contribution < 1.29 is 9.90 Å². The van der Waals surface area contributed by atoms with Crippen LogP contribution in [0.2, 0.25) is 0 Å². The molecule has 0 radical (unpaired) electrons. The number of aliphatic hydroxyl groups is 1. The lowest BCUT2D eigenvalue weighted by Gasteiger charge is -2.12. The molecule has 1 unspecified atom stereocenters. The van der Waals surface area contributed by atoms with Crippen molar-refractivity contribution in [2.75, 3.05) is 0 Å². The third kappa shape index (κ3) is 3.36. The Bertz CT molecular complexity index is 635. The lowest BCUT2D eigenvalue weighted by molar-refractivity contribution is -0.129. The summed E-state index contributed by atoms with van der Waals surface area (Å²) >= 11 is 0. The molecule has 2 N–H and O–H groups in total. The zero-order chi connectivity index (χ0) is 16.1. The Hall–Kier alpha value is -2.14. The molecule has 1 aromatic heterocycles. The average molecular weight is 301 g/mol. The Morgan fingerprint density at radius 3 is 2.55 bits per heavy atom. The molecule has 0 aliphatic carbocycles. The third-order valence-electron chi connectivity index (χ3n) is 3.83. The summed E-state index contributed by atoms with van der Waals surface area (Å²) in [7, 11) is 1.92. The zero-order valence-electron chi connectivity index (χ0n) is 13.3. The van der Waals surface area contributed by atoms with E-state index in [0.29, 0.717) is 12.1 Å². The average Bonchev–Trinajstić information content (AvgIpc) is 2.87. The van der Waals surface area contributed by atoms with Crippen molar-refractivity contribution in [1.82, 2.24) is 15.1 Å². The van der Waals surface area contributed by atoms with Gasteiger partial charge in [-0.2, -0.15) is 5.10 Å². The van der Waals surface area contributed by atoms with E-state index in [0.717, 1.165) is 29.8 Å². The van der Waals surface area contributed by atoms with Gasteiger partial charge < -0.3 is 10.4 Å². The van der Waals surface area contributed by atoms with Crippen molar-refractivity contribution in [2.24, 2.45) is 7.05 Å². The topological polar surface area (TPSA) is 67.2 Å². The van der Waals surface area contributed by atoms with Crippen molar-refractivity contribution in [3.05, 3.63) is 52.8 Å². The van der Waals surface area contributed by atoms with E-state index in [4.69, 9.17) is 0 Å². The molecular formula is C17H23N3O2. The van der Waals surface area contributed by atoms with Crippen LogP contribution in [0.3, 0.4) is 0 Å². The number of nitrogens with zero attached hydrogens (tertiary/aromatic N) is 2. The standard InChI is InChI=1S/C17H23N3O2/c1-4-14-13(15(5-2)20(3)19-14)11-18-17(22)16(21)12-9-7-6-8-10-12/h6-10,16,21H,4-5,11H2,1-3H3,(H,18,22). The molecule has 0 bridgehead atoms. The van der Waals surface area contributed by atoms with Gasteiger partial charge in [-0.05, 0) is 18.4 Å². The van der Waals surface area contributed by atoms with Gasteiger partial charge in [0.25, 0.3) is 5.91 Å². The summed E-state index contributed by atoms with van der Waals surface area (Å²) < 4.78 is 1.87. The summed E-state index contributed by atoms with van der Waals surface area (Å²) in [5.74, 6) is -0.390. The second-order valence-electron chi connectivity index (χ2n) is 5.23. The fraction of sp³-hybridized carbons (Fsp3) is 0.412. The Labute approximate surface area is 131 Å². The SMILES string of the molecule is CCc1nn(C)c(CC)c1CNC(=O)C(O)c1ccccc1. The number of aromatic nitrogens is 2. The van der Waals surface area contributed by atoms with Gasteiger partial charge in [0.1, 0.15) is 0 Å². The normalized spacial score (nSPS) is 12.2. The van der Waals surface area contributed by atoms with Crippen molar-refractivity contribution in [1.29, 1.82) is 0 Å². The highest BCUT2D eigenvalue weighted by molar-refractivity contribution is 5.81. The fourth-order valence-corrected chi connectivity index (χ4v) is 2.65. The Morgan fingerprint density at radius 2 is 1.95 bits per heavy atom. The van der Waals surface area contributed by atoms with Crippen LogP contribution >= 0.6 is 0 Å². The van der Waals surface area contributed by atoms with E-state index in [1.165, 1.54) is 0 Å². The van der Waals surface area contributed by atoms with E-state index < -0.39 is 6.10 Å². The number of carbonyl (C=O) groups is 1. The molecule has 1 atom stereocenters. The second kappa shape index (κ2) is 7.22. The monoisotopic (exact) mass is 301 g/mol. The first-order valence-electron chi connectivity index (χ1n) is 7.62. The highest BCUT2D eigenvalue weighted by Gasteiger charge is 2.19. The molecular weight excluding hydrogens is 278 g/mol. The molecule has 0 aliphatic rings. The number of rotatable bonds is 6. The van der Waals surface area contributed by atoms with Gasteiger partial charge in [-0.25, -0.2) is 0 Å². The Kier molecular flexibility index (Phi) is 5.33. The number of nitrogens with one attached hydrogen (secondary N) is 1. The lowest BCUT2D eigenvalue weighted by atomic mass is 10.1. The third-order valence-corrected chi connectivity index (χ3v) is 3.83. The molecule has 5 nitrogen and oxygen atoms in total. The summed E-state index contributed by atoms with van der Waals surface area (Å²) in [5.41, 5.74) is 3.76. The summed E-state index contributed by atoms with van der Waals surface area (Å²) in [6.45, 7) is 4.51. The first-order valence-corrected chi connectivity index (χ1v) is 7.62. The van der Waals surface area contributed by atoms with Crippen LogP contribution in [-0.2, 0) is 31.2 Å². The van der Waals surface area contributed by atoms with Crippen LogP contribution in [0, 0.1) is 0 Å². The summed E-state index contributed by atoms with van der Waals surface area (Å²) in [4.78, 5) is 12.1. The van der Waals surface area contributed by atoms with Gasteiger partial charge in [0.05, 0.1) is 5.69 Å². The largest absolute Gasteiger partial charge is 0.378 e. The van der Waals surface area contributed by atoms with E-state index in [1.54, 1.807) is 24.3 Å².